The highest BCUT2D eigenvalue weighted by Crippen LogP contribution is 2.14. The molecule has 0 unspecified atom stereocenters. The van der Waals surface area contributed by atoms with Crippen molar-refractivity contribution in [2.45, 2.75) is 26.2 Å². The molecule has 0 aliphatic heterocycles. The topological polar surface area (TPSA) is 139 Å². The van der Waals surface area contributed by atoms with Gasteiger partial charge in [0, 0.05) is 22.9 Å². The third kappa shape index (κ3) is 8.35. The lowest BCUT2D eigenvalue weighted by Crippen LogP contribution is -2.43. The van der Waals surface area contributed by atoms with E-state index in [0.29, 0.717) is 10.7 Å². The number of carbonyl (C=O) groups excluding carboxylic acids is 4. The number of amides is 3. The number of aromatic nitrogens is 2. The van der Waals surface area contributed by atoms with Gasteiger partial charge in [-0.05, 0) is 37.6 Å². The number of hydrogen-bond acceptors (Lipinski definition) is 8. The first-order valence-corrected chi connectivity index (χ1v) is 10.0. The second-order valence-electron chi connectivity index (χ2n) is 5.70. The molecule has 10 nitrogen and oxygen atoms in total. The van der Waals surface area contributed by atoms with Gasteiger partial charge in [-0.1, -0.05) is 27.3 Å². The number of carbonyl (C=O) groups is 4. The maximum Gasteiger partial charge on any atom is 0.306 e. The third-order valence-electron chi connectivity index (χ3n) is 3.34. The maximum absolute atomic E-state index is 11.8. The monoisotopic (exact) mass is 483 g/mol. The van der Waals surface area contributed by atoms with E-state index < -0.39 is 24.4 Å². The number of rotatable bonds is 8. The fourth-order valence-corrected chi connectivity index (χ4v) is 2.85. The van der Waals surface area contributed by atoms with E-state index in [-0.39, 0.29) is 25.2 Å². The van der Waals surface area contributed by atoms with Gasteiger partial charge in [0.15, 0.2) is 6.61 Å². The Morgan fingerprint density at radius 3 is 2.41 bits per heavy atom. The van der Waals surface area contributed by atoms with Crippen molar-refractivity contribution in [1.82, 2.24) is 21.0 Å². The minimum Gasteiger partial charge on any atom is -0.455 e. The van der Waals surface area contributed by atoms with Gasteiger partial charge in [0.05, 0.1) is 0 Å². The SMILES string of the molecule is Cc1nnc(NC(=O)CCCC(=O)OCC(=O)NNC(=O)c2ccc(Br)cc2)s1. The minimum atomic E-state index is -0.687. The van der Waals surface area contributed by atoms with Gasteiger partial charge in [-0.15, -0.1) is 10.2 Å². The Balaban J connectivity index is 1.58. The van der Waals surface area contributed by atoms with Crippen LogP contribution in [0.2, 0.25) is 0 Å². The maximum atomic E-state index is 11.8. The molecule has 3 amide bonds. The number of esters is 1. The standard InChI is InChI=1S/C17H18BrN5O5S/c1-10-20-23-17(29-10)19-13(24)3-2-4-15(26)28-9-14(25)21-22-16(27)11-5-7-12(18)8-6-11/h5-8H,2-4,9H2,1H3,(H,21,25)(H,22,27)(H,19,23,24). The second-order valence-corrected chi connectivity index (χ2v) is 7.80. The Morgan fingerprint density at radius 2 is 1.76 bits per heavy atom. The van der Waals surface area contributed by atoms with Crippen molar-refractivity contribution in [1.29, 1.82) is 0 Å². The molecule has 0 bridgehead atoms. The van der Waals surface area contributed by atoms with Crippen LogP contribution in [0.1, 0.15) is 34.6 Å². The first-order valence-electron chi connectivity index (χ1n) is 8.44. The summed E-state index contributed by atoms with van der Waals surface area (Å²) >= 11 is 4.51. The Bertz CT molecular complexity index is 887. The van der Waals surface area contributed by atoms with Crippen LogP contribution in [0.3, 0.4) is 0 Å². The molecule has 1 heterocycles. The lowest BCUT2D eigenvalue weighted by atomic mass is 10.2. The van der Waals surface area contributed by atoms with Crippen molar-refractivity contribution >= 4 is 56.1 Å². The molecule has 29 heavy (non-hydrogen) atoms. The number of nitrogens with one attached hydrogen (secondary N) is 3. The van der Waals surface area contributed by atoms with Gasteiger partial charge in [-0.2, -0.15) is 0 Å². The molecule has 0 spiro atoms. The summed E-state index contributed by atoms with van der Waals surface area (Å²) in [6.45, 7) is 1.22. The van der Waals surface area contributed by atoms with E-state index in [2.05, 4.69) is 42.3 Å². The van der Waals surface area contributed by atoms with Crippen molar-refractivity contribution in [3.8, 4) is 0 Å². The normalized spacial score (nSPS) is 10.1. The summed E-state index contributed by atoms with van der Waals surface area (Å²) in [7, 11) is 0. The molecule has 154 valence electrons. The smallest absolute Gasteiger partial charge is 0.306 e. The molecule has 0 aliphatic carbocycles. The molecule has 1 aromatic carbocycles. The van der Waals surface area contributed by atoms with Crippen LogP contribution < -0.4 is 16.2 Å². The Labute approximate surface area is 178 Å². The predicted molar refractivity (Wildman–Crippen MR) is 108 cm³/mol. The largest absolute Gasteiger partial charge is 0.455 e. The molecule has 0 fully saturated rings. The van der Waals surface area contributed by atoms with Crippen molar-refractivity contribution in [2.75, 3.05) is 11.9 Å². The summed E-state index contributed by atoms with van der Waals surface area (Å²) in [5, 5.41) is 11.3. The van der Waals surface area contributed by atoms with E-state index in [0.717, 1.165) is 9.48 Å². The summed E-state index contributed by atoms with van der Waals surface area (Å²) < 4.78 is 5.62. The van der Waals surface area contributed by atoms with Crippen molar-refractivity contribution in [2.24, 2.45) is 0 Å². The number of ether oxygens (including phenoxy) is 1. The van der Waals surface area contributed by atoms with Gasteiger partial charge in [0.25, 0.3) is 11.8 Å². The minimum absolute atomic E-state index is 0.0267. The number of aryl methyl sites for hydroxylation is 1. The molecule has 0 saturated carbocycles. The number of hydrazine groups is 1. The number of nitrogens with zero attached hydrogens (tertiary/aromatic N) is 2. The molecular formula is C17H18BrN5O5S. The quantitative estimate of drug-likeness (QED) is 0.383. The van der Waals surface area contributed by atoms with Crippen LogP contribution in [0, 0.1) is 6.92 Å². The summed E-state index contributed by atoms with van der Waals surface area (Å²) in [5.41, 5.74) is 4.72. The first-order chi connectivity index (χ1) is 13.8. The summed E-state index contributed by atoms with van der Waals surface area (Å²) in [6, 6.07) is 6.53. The molecule has 12 heteroatoms. The number of halogens is 1. The third-order valence-corrected chi connectivity index (χ3v) is 4.63. The van der Waals surface area contributed by atoms with Crippen molar-refractivity contribution in [3.63, 3.8) is 0 Å². The first kappa shape index (κ1) is 22.4. The van der Waals surface area contributed by atoms with E-state index >= 15 is 0 Å². The van der Waals surface area contributed by atoms with E-state index in [1.165, 1.54) is 11.3 Å². The van der Waals surface area contributed by atoms with E-state index in [1.54, 1.807) is 31.2 Å². The fraction of sp³-hybridized carbons (Fsp3) is 0.294. The number of benzene rings is 1. The lowest BCUT2D eigenvalue weighted by Gasteiger charge is -2.08. The van der Waals surface area contributed by atoms with Crippen LogP contribution in [-0.4, -0.2) is 40.5 Å². The van der Waals surface area contributed by atoms with Crippen LogP contribution in [0.4, 0.5) is 5.13 Å². The Morgan fingerprint density at radius 1 is 1.03 bits per heavy atom. The summed E-state index contributed by atoms with van der Waals surface area (Å²) in [6.07, 6.45) is 0.328. The Hall–Kier alpha value is -2.86. The van der Waals surface area contributed by atoms with E-state index in [4.69, 9.17) is 4.74 Å². The Kier molecular flexibility index (Phi) is 8.68. The van der Waals surface area contributed by atoms with Gasteiger partial charge in [0.2, 0.25) is 11.0 Å². The zero-order valence-corrected chi connectivity index (χ0v) is 17.8. The highest BCUT2D eigenvalue weighted by atomic mass is 79.9. The second kappa shape index (κ2) is 11.2. The molecule has 0 atom stereocenters. The van der Waals surface area contributed by atoms with Crippen LogP contribution in [0.5, 0.6) is 0 Å². The highest BCUT2D eigenvalue weighted by Gasteiger charge is 2.12. The molecular weight excluding hydrogens is 466 g/mol. The zero-order valence-electron chi connectivity index (χ0n) is 15.4. The van der Waals surface area contributed by atoms with E-state index in [9.17, 15) is 19.2 Å². The average molecular weight is 484 g/mol. The molecule has 2 aromatic rings. The van der Waals surface area contributed by atoms with Crippen LogP contribution in [0.15, 0.2) is 28.7 Å². The van der Waals surface area contributed by atoms with Crippen molar-refractivity contribution in [3.05, 3.63) is 39.3 Å². The van der Waals surface area contributed by atoms with Gasteiger partial charge in [-0.3, -0.25) is 30.0 Å². The number of hydrogen-bond donors (Lipinski definition) is 3. The van der Waals surface area contributed by atoms with E-state index in [1.807, 2.05) is 0 Å². The highest BCUT2D eigenvalue weighted by molar-refractivity contribution is 9.10. The van der Waals surface area contributed by atoms with Crippen LogP contribution >= 0.6 is 27.3 Å². The molecule has 0 saturated heterocycles. The fourth-order valence-electron chi connectivity index (χ4n) is 1.98. The molecule has 0 aliphatic rings. The predicted octanol–water partition coefficient (Wildman–Crippen LogP) is 1.72. The average Bonchev–Trinajstić information content (AvgIpc) is 3.09. The number of anilines is 1. The zero-order chi connectivity index (χ0) is 21.2. The lowest BCUT2D eigenvalue weighted by molar-refractivity contribution is -0.148. The summed E-state index contributed by atoms with van der Waals surface area (Å²) in [4.78, 5) is 46.8. The molecule has 2 rings (SSSR count). The molecule has 3 N–H and O–H groups in total. The van der Waals surface area contributed by atoms with Gasteiger partial charge < -0.3 is 10.1 Å². The van der Waals surface area contributed by atoms with Crippen LogP contribution in [0.25, 0.3) is 0 Å². The van der Waals surface area contributed by atoms with Gasteiger partial charge in [0.1, 0.15) is 5.01 Å². The molecule has 0 radical (unpaired) electrons. The van der Waals surface area contributed by atoms with Gasteiger partial charge in [-0.25, -0.2) is 0 Å². The molecule has 1 aromatic heterocycles. The van der Waals surface area contributed by atoms with Crippen molar-refractivity contribution < 1.29 is 23.9 Å². The summed E-state index contributed by atoms with van der Waals surface area (Å²) in [5.74, 6) is -2.11. The van der Waals surface area contributed by atoms with Crippen LogP contribution in [-0.2, 0) is 19.1 Å². The van der Waals surface area contributed by atoms with Gasteiger partial charge >= 0.3 is 5.97 Å².